The Bertz CT molecular complexity index is 962. The average Bonchev–Trinajstić information content (AvgIpc) is 2.63. The molecule has 1 fully saturated rings. The fraction of sp³-hybridized carbons (Fsp3) is 0.421. The minimum absolute atomic E-state index is 0.0393. The highest BCUT2D eigenvalue weighted by atomic mass is 19.1. The first-order valence-corrected chi connectivity index (χ1v) is 8.80. The highest BCUT2D eigenvalue weighted by Gasteiger charge is 2.27. The lowest BCUT2D eigenvalue weighted by Gasteiger charge is -2.29. The van der Waals surface area contributed by atoms with Crippen LogP contribution in [0.3, 0.4) is 0 Å². The number of nitrogens with one attached hydrogen (secondary N) is 1. The fourth-order valence-corrected chi connectivity index (χ4v) is 3.42. The molecule has 0 radical (unpaired) electrons. The molecule has 2 aromatic rings. The molecule has 1 aromatic carbocycles. The predicted molar refractivity (Wildman–Crippen MR) is 102 cm³/mol. The number of nitriles is 1. The smallest absolute Gasteiger partial charge is 0.277 e. The SMILES string of the molecule is CN(C)c1c(-c2ccc(C#N)c(F)c2)nc(C2CC(N)CCN2)n(C)c1=O. The topological polar surface area (TPSA) is 100.0 Å². The van der Waals surface area contributed by atoms with E-state index in [1.165, 1.54) is 16.7 Å². The van der Waals surface area contributed by atoms with E-state index in [0.29, 0.717) is 29.2 Å². The molecule has 2 atom stereocenters. The number of nitrogens with two attached hydrogens (primary N) is 1. The number of rotatable bonds is 3. The number of hydrogen-bond donors (Lipinski definition) is 2. The Morgan fingerprint density at radius 2 is 2.19 bits per heavy atom. The summed E-state index contributed by atoms with van der Waals surface area (Å²) in [5.41, 5.74) is 7.03. The number of hydrogen-bond acceptors (Lipinski definition) is 6. The van der Waals surface area contributed by atoms with Gasteiger partial charge in [-0.15, -0.1) is 0 Å². The largest absolute Gasteiger partial charge is 0.371 e. The summed E-state index contributed by atoms with van der Waals surface area (Å²) in [4.78, 5) is 19.4. The molecule has 8 heteroatoms. The van der Waals surface area contributed by atoms with Crippen LogP contribution < -0.4 is 21.5 Å². The van der Waals surface area contributed by atoms with Gasteiger partial charge in [0.15, 0.2) is 0 Å². The van der Waals surface area contributed by atoms with Crippen LogP contribution in [-0.2, 0) is 7.05 Å². The van der Waals surface area contributed by atoms with Crippen LogP contribution in [-0.4, -0.2) is 36.2 Å². The zero-order valence-corrected chi connectivity index (χ0v) is 15.7. The van der Waals surface area contributed by atoms with E-state index in [2.05, 4.69) is 5.32 Å². The van der Waals surface area contributed by atoms with E-state index in [1.54, 1.807) is 38.2 Å². The van der Waals surface area contributed by atoms with Crippen molar-refractivity contribution in [2.24, 2.45) is 12.8 Å². The number of anilines is 1. The van der Waals surface area contributed by atoms with Crippen molar-refractivity contribution >= 4 is 5.69 Å². The Kier molecular flexibility index (Phi) is 5.26. The maximum absolute atomic E-state index is 14.2. The van der Waals surface area contributed by atoms with Gasteiger partial charge in [-0.1, -0.05) is 6.07 Å². The van der Waals surface area contributed by atoms with Crippen molar-refractivity contribution < 1.29 is 4.39 Å². The van der Waals surface area contributed by atoms with Crippen LogP contribution in [0, 0.1) is 17.1 Å². The molecule has 0 bridgehead atoms. The van der Waals surface area contributed by atoms with Gasteiger partial charge in [0.2, 0.25) is 0 Å². The Balaban J connectivity index is 2.21. The maximum atomic E-state index is 14.2. The molecule has 2 heterocycles. The Morgan fingerprint density at radius 1 is 1.44 bits per heavy atom. The molecular formula is C19H23FN6O. The van der Waals surface area contributed by atoms with Crippen LogP contribution in [0.15, 0.2) is 23.0 Å². The van der Waals surface area contributed by atoms with Crippen LogP contribution in [0.4, 0.5) is 10.1 Å². The molecule has 27 heavy (non-hydrogen) atoms. The standard InChI is InChI=1S/C19H23FN6O/c1-25(2)17-16(11-4-5-12(10-21)14(20)8-11)24-18(26(3)19(17)27)15-9-13(22)6-7-23-15/h4-5,8,13,15,23H,6-7,9,22H2,1-3H3. The van der Waals surface area contributed by atoms with E-state index in [-0.39, 0.29) is 23.2 Å². The zero-order chi connectivity index (χ0) is 19.7. The van der Waals surface area contributed by atoms with Gasteiger partial charge >= 0.3 is 0 Å². The van der Waals surface area contributed by atoms with Crippen LogP contribution in [0.25, 0.3) is 11.3 Å². The van der Waals surface area contributed by atoms with Crippen LogP contribution in [0.2, 0.25) is 0 Å². The van der Waals surface area contributed by atoms with Crippen molar-refractivity contribution in [3.05, 3.63) is 45.8 Å². The van der Waals surface area contributed by atoms with Gasteiger partial charge < -0.3 is 16.0 Å². The van der Waals surface area contributed by atoms with Gasteiger partial charge in [-0.25, -0.2) is 9.37 Å². The molecule has 3 rings (SSSR count). The molecule has 1 aliphatic heterocycles. The summed E-state index contributed by atoms with van der Waals surface area (Å²) in [7, 11) is 5.18. The molecule has 0 spiro atoms. The number of piperidine rings is 1. The molecule has 1 saturated heterocycles. The Labute approximate surface area is 157 Å². The molecule has 2 unspecified atom stereocenters. The zero-order valence-electron chi connectivity index (χ0n) is 15.7. The van der Waals surface area contributed by atoms with E-state index in [0.717, 1.165) is 13.0 Å². The van der Waals surface area contributed by atoms with Crippen molar-refractivity contribution in [1.82, 2.24) is 14.9 Å². The summed E-state index contributed by atoms with van der Waals surface area (Å²) in [6.45, 7) is 0.748. The summed E-state index contributed by atoms with van der Waals surface area (Å²) in [6, 6.07) is 5.95. The minimum Gasteiger partial charge on any atom is -0.371 e. The lowest BCUT2D eigenvalue weighted by molar-refractivity contribution is 0.349. The quantitative estimate of drug-likeness (QED) is 0.844. The molecule has 7 nitrogen and oxygen atoms in total. The first kappa shape index (κ1) is 19.0. The first-order chi connectivity index (χ1) is 12.8. The Morgan fingerprint density at radius 3 is 2.78 bits per heavy atom. The van der Waals surface area contributed by atoms with Gasteiger partial charge in [0, 0.05) is 32.7 Å². The number of aromatic nitrogens is 2. The normalized spacial score (nSPS) is 19.6. The van der Waals surface area contributed by atoms with Crippen molar-refractivity contribution in [3.63, 3.8) is 0 Å². The summed E-state index contributed by atoms with van der Waals surface area (Å²) in [5.74, 6) is -0.0675. The van der Waals surface area contributed by atoms with Crippen molar-refractivity contribution in [1.29, 1.82) is 5.26 Å². The molecule has 3 N–H and O–H groups in total. The number of nitrogens with zero attached hydrogens (tertiary/aromatic N) is 4. The van der Waals surface area contributed by atoms with Crippen molar-refractivity contribution in [2.75, 3.05) is 25.5 Å². The van der Waals surface area contributed by atoms with E-state index >= 15 is 0 Å². The van der Waals surface area contributed by atoms with Gasteiger partial charge in [-0.05, 0) is 31.5 Å². The molecule has 0 amide bonds. The van der Waals surface area contributed by atoms with Gasteiger partial charge in [-0.3, -0.25) is 9.36 Å². The summed E-state index contributed by atoms with van der Waals surface area (Å²) >= 11 is 0. The first-order valence-electron chi connectivity index (χ1n) is 8.80. The lowest BCUT2D eigenvalue weighted by Crippen LogP contribution is -2.42. The Hall–Kier alpha value is -2.76. The molecule has 0 aliphatic carbocycles. The number of halogens is 1. The van der Waals surface area contributed by atoms with Gasteiger partial charge in [-0.2, -0.15) is 5.26 Å². The van der Waals surface area contributed by atoms with E-state index in [9.17, 15) is 9.18 Å². The second-order valence-electron chi connectivity index (χ2n) is 7.02. The maximum Gasteiger partial charge on any atom is 0.277 e. The number of benzene rings is 1. The second kappa shape index (κ2) is 7.47. The summed E-state index contributed by atoms with van der Waals surface area (Å²) < 4.78 is 15.7. The van der Waals surface area contributed by atoms with E-state index < -0.39 is 5.82 Å². The van der Waals surface area contributed by atoms with Crippen molar-refractivity contribution in [2.45, 2.75) is 24.9 Å². The second-order valence-corrected chi connectivity index (χ2v) is 7.02. The van der Waals surface area contributed by atoms with Crippen molar-refractivity contribution in [3.8, 4) is 17.3 Å². The van der Waals surface area contributed by atoms with Crippen LogP contribution >= 0.6 is 0 Å². The average molecular weight is 370 g/mol. The van der Waals surface area contributed by atoms with Crippen LogP contribution in [0.1, 0.15) is 30.3 Å². The van der Waals surface area contributed by atoms with E-state index in [4.69, 9.17) is 16.0 Å². The fourth-order valence-electron chi connectivity index (χ4n) is 3.42. The molecule has 1 aliphatic rings. The highest BCUT2D eigenvalue weighted by Crippen LogP contribution is 2.29. The van der Waals surface area contributed by atoms with Gasteiger partial charge in [0.1, 0.15) is 29.1 Å². The lowest BCUT2D eigenvalue weighted by atomic mass is 9.99. The monoisotopic (exact) mass is 370 g/mol. The third-order valence-corrected chi connectivity index (χ3v) is 4.87. The van der Waals surface area contributed by atoms with Crippen LogP contribution in [0.5, 0.6) is 0 Å². The third-order valence-electron chi connectivity index (χ3n) is 4.87. The summed E-state index contributed by atoms with van der Waals surface area (Å²) in [6.07, 6.45) is 1.54. The molecular weight excluding hydrogens is 347 g/mol. The van der Waals surface area contributed by atoms with Gasteiger partial charge in [0.25, 0.3) is 5.56 Å². The summed E-state index contributed by atoms with van der Waals surface area (Å²) in [5, 5.41) is 12.3. The third kappa shape index (κ3) is 3.56. The molecule has 142 valence electrons. The molecule has 1 aromatic heterocycles. The minimum atomic E-state index is -0.637. The predicted octanol–water partition coefficient (Wildman–Crippen LogP) is 1.28. The highest BCUT2D eigenvalue weighted by molar-refractivity contribution is 5.74. The van der Waals surface area contributed by atoms with E-state index in [1.807, 2.05) is 0 Å². The van der Waals surface area contributed by atoms with Gasteiger partial charge in [0.05, 0.1) is 11.6 Å². The molecule has 0 saturated carbocycles.